The van der Waals surface area contributed by atoms with Crippen molar-refractivity contribution >= 4 is 28.8 Å². The van der Waals surface area contributed by atoms with Crippen LogP contribution in [0.2, 0.25) is 5.02 Å². The molecule has 2 heterocycles. The molecule has 102 valence electrons. The number of hydrogen-bond acceptors (Lipinski definition) is 4. The van der Waals surface area contributed by atoms with Crippen LogP contribution in [0.3, 0.4) is 0 Å². The Morgan fingerprint density at radius 1 is 1.30 bits per heavy atom. The van der Waals surface area contributed by atoms with Crippen LogP contribution in [0.15, 0.2) is 34.2 Å². The van der Waals surface area contributed by atoms with Crippen molar-refractivity contribution in [3.05, 3.63) is 46.0 Å². The number of nitrogens with zero attached hydrogens (tertiary/aromatic N) is 1. The minimum Gasteiger partial charge on any atom is -0.367 e. The maximum absolute atomic E-state index is 13.0. The largest absolute Gasteiger partial charge is 0.367 e. The summed E-state index contributed by atoms with van der Waals surface area (Å²) in [5, 5.41) is 6.56. The number of hydrogen-bond donors (Lipinski definition) is 1. The van der Waals surface area contributed by atoms with Crippen molar-refractivity contribution in [1.29, 1.82) is 0 Å². The predicted molar refractivity (Wildman–Crippen MR) is 79.4 cm³/mol. The van der Waals surface area contributed by atoms with E-state index in [1.54, 1.807) is 12.1 Å². The van der Waals surface area contributed by atoms with Crippen molar-refractivity contribution in [1.82, 2.24) is 5.16 Å². The van der Waals surface area contributed by atoms with Gasteiger partial charge < -0.3 is 10.3 Å². The normalized spacial score (nSPS) is 10.9. The number of halogens is 2. The first-order chi connectivity index (χ1) is 9.58. The third-order valence-corrected chi connectivity index (χ3v) is 4.67. The van der Waals surface area contributed by atoms with Crippen molar-refractivity contribution in [3.63, 3.8) is 0 Å². The van der Waals surface area contributed by atoms with Gasteiger partial charge in [-0.1, -0.05) is 28.9 Å². The number of rotatable bonds is 2. The Kier molecular flexibility index (Phi) is 3.23. The molecule has 0 saturated heterocycles. The first-order valence-electron chi connectivity index (χ1n) is 5.83. The molecule has 20 heavy (non-hydrogen) atoms. The van der Waals surface area contributed by atoms with Crippen LogP contribution < -0.4 is 5.73 Å². The minimum atomic E-state index is -0.310. The molecule has 3 nitrogen and oxygen atoms in total. The molecule has 0 amide bonds. The number of aryl methyl sites for hydroxylation is 1. The van der Waals surface area contributed by atoms with Crippen LogP contribution >= 0.6 is 22.9 Å². The highest BCUT2D eigenvalue weighted by Gasteiger charge is 2.21. The van der Waals surface area contributed by atoms with E-state index in [4.69, 9.17) is 21.9 Å². The molecule has 0 bridgehead atoms. The Morgan fingerprint density at radius 2 is 2.00 bits per heavy atom. The van der Waals surface area contributed by atoms with Crippen molar-refractivity contribution in [2.45, 2.75) is 6.92 Å². The van der Waals surface area contributed by atoms with E-state index in [0.717, 1.165) is 16.0 Å². The molecule has 0 aliphatic heterocycles. The molecule has 1 aromatic carbocycles. The zero-order valence-electron chi connectivity index (χ0n) is 10.5. The molecule has 0 aliphatic carbocycles. The van der Waals surface area contributed by atoms with Crippen molar-refractivity contribution in [2.24, 2.45) is 0 Å². The number of nitrogen functional groups attached to an aromatic ring is 1. The number of thiophene rings is 1. The number of nitrogens with two attached hydrogens (primary N) is 1. The van der Waals surface area contributed by atoms with Crippen LogP contribution in [0.25, 0.3) is 21.7 Å². The van der Waals surface area contributed by atoms with E-state index in [2.05, 4.69) is 5.16 Å². The summed E-state index contributed by atoms with van der Waals surface area (Å²) in [5.74, 6) is -0.121. The molecule has 0 fully saturated rings. The standard InChI is InChI=1S/C14H10ClFN2OS/c1-7-6-20-13(11(7)15)12-10(14(17)19-18-12)8-2-4-9(16)5-3-8/h2-6H,17H2,1H3. The molecule has 0 atom stereocenters. The summed E-state index contributed by atoms with van der Waals surface area (Å²) in [4.78, 5) is 0.795. The fourth-order valence-electron chi connectivity index (χ4n) is 1.94. The van der Waals surface area contributed by atoms with Gasteiger partial charge in [0.05, 0.1) is 15.5 Å². The van der Waals surface area contributed by atoms with Crippen LogP contribution in [-0.2, 0) is 0 Å². The summed E-state index contributed by atoms with van der Waals surface area (Å²) >= 11 is 7.74. The van der Waals surface area contributed by atoms with Crippen LogP contribution in [-0.4, -0.2) is 5.16 Å². The summed E-state index contributed by atoms with van der Waals surface area (Å²) in [6.45, 7) is 1.92. The summed E-state index contributed by atoms with van der Waals surface area (Å²) < 4.78 is 18.1. The lowest BCUT2D eigenvalue weighted by molar-refractivity contribution is 0.439. The van der Waals surface area contributed by atoms with Gasteiger partial charge in [0.1, 0.15) is 11.5 Å². The van der Waals surface area contributed by atoms with Crippen molar-refractivity contribution in [2.75, 3.05) is 5.73 Å². The Bertz CT molecular complexity index is 764. The zero-order chi connectivity index (χ0) is 14.3. The predicted octanol–water partition coefficient (Wildman–Crippen LogP) is 4.75. The first-order valence-corrected chi connectivity index (χ1v) is 7.08. The monoisotopic (exact) mass is 308 g/mol. The molecule has 0 spiro atoms. The van der Waals surface area contributed by atoms with Crippen LogP contribution in [0.1, 0.15) is 5.56 Å². The van der Waals surface area contributed by atoms with Gasteiger partial charge in [-0.2, -0.15) is 0 Å². The van der Waals surface area contributed by atoms with Crippen molar-refractivity contribution < 1.29 is 8.91 Å². The van der Waals surface area contributed by atoms with Gasteiger partial charge in [-0.15, -0.1) is 11.3 Å². The van der Waals surface area contributed by atoms with Crippen LogP contribution in [0, 0.1) is 12.7 Å². The van der Waals surface area contributed by atoms with E-state index < -0.39 is 0 Å². The van der Waals surface area contributed by atoms with Crippen LogP contribution in [0.4, 0.5) is 10.3 Å². The molecule has 6 heteroatoms. The van der Waals surface area contributed by atoms with E-state index in [0.29, 0.717) is 16.3 Å². The highest BCUT2D eigenvalue weighted by atomic mass is 35.5. The third kappa shape index (κ3) is 2.09. The Morgan fingerprint density at radius 3 is 2.60 bits per heavy atom. The topological polar surface area (TPSA) is 52.0 Å². The molecule has 0 radical (unpaired) electrons. The molecule has 0 unspecified atom stereocenters. The highest BCUT2D eigenvalue weighted by Crippen LogP contribution is 2.43. The quantitative estimate of drug-likeness (QED) is 0.743. The Balaban J connectivity index is 2.19. The van der Waals surface area contributed by atoms with E-state index in [1.165, 1.54) is 23.5 Å². The van der Waals surface area contributed by atoms with Gasteiger partial charge in [0.2, 0.25) is 5.88 Å². The molecule has 3 aromatic rings. The summed E-state index contributed by atoms with van der Waals surface area (Å²) in [6.07, 6.45) is 0. The lowest BCUT2D eigenvalue weighted by atomic mass is 10.0. The maximum Gasteiger partial charge on any atom is 0.230 e. The molecule has 3 rings (SSSR count). The minimum absolute atomic E-state index is 0.189. The summed E-state index contributed by atoms with van der Waals surface area (Å²) in [6, 6.07) is 6.01. The first kappa shape index (κ1) is 13.1. The molecular formula is C14H10ClFN2OS. The van der Waals surface area contributed by atoms with Gasteiger partial charge in [0.15, 0.2) is 0 Å². The average Bonchev–Trinajstić information content (AvgIpc) is 2.96. The fraction of sp³-hybridized carbons (Fsp3) is 0.0714. The molecular weight excluding hydrogens is 299 g/mol. The van der Waals surface area contributed by atoms with E-state index in [9.17, 15) is 4.39 Å². The highest BCUT2D eigenvalue weighted by molar-refractivity contribution is 7.14. The second-order valence-corrected chi connectivity index (χ2v) is 5.60. The van der Waals surface area contributed by atoms with Gasteiger partial charge in [-0.25, -0.2) is 4.39 Å². The average molecular weight is 309 g/mol. The molecule has 2 aromatic heterocycles. The van der Waals surface area contributed by atoms with Crippen molar-refractivity contribution in [3.8, 4) is 21.7 Å². The molecule has 2 N–H and O–H groups in total. The lowest BCUT2D eigenvalue weighted by Gasteiger charge is -2.02. The molecule has 0 aliphatic rings. The van der Waals surface area contributed by atoms with E-state index >= 15 is 0 Å². The molecule has 0 saturated carbocycles. The number of anilines is 1. The van der Waals surface area contributed by atoms with Gasteiger partial charge in [0.25, 0.3) is 0 Å². The Hall–Kier alpha value is -1.85. The second kappa shape index (κ2) is 4.92. The Labute approximate surface area is 123 Å². The third-order valence-electron chi connectivity index (χ3n) is 2.97. The second-order valence-electron chi connectivity index (χ2n) is 4.34. The summed E-state index contributed by atoms with van der Waals surface area (Å²) in [7, 11) is 0. The lowest BCUT2D eigenvalue weighted by Crippen LogP contribution is -1.87. The van der Waals surface area contributed by atoms with Gasteiger partial charge >= 0.3 is 0 Å². The smallest absolute Gasteiger partial charge is 0.230 e. The van der Waals surface area contributed by atoms with E-state index in [1.807, 2.05) is 12.3 Å². The van der Waals surface area contributed by atoms with Crippen LogP contribution in [0.5, 0.6) is 0 Å². The van der Waals surface area contributed by atoms with Gasteiger partial charge in [0, 0.05) is 0 Å². The number of benzene rings is 1. The van der Waals surface area contributed by atoms with E-state index in [-0.39, 0.29) is 11.7 Å². The summed E-state index contributed by atoms with van der Waals surface area (Å²) in [5.41, 5.74) is 8.77. The SMILES string of the molecule is Cc1csc(-c2noc(N)c2-c2ccc(F)cc2)c1Cl. The number of aromatic nitrogens is 1. The zero-order valence-corrected chi connectivity index (χ0v) is 12.1. The van der Waals surface area contributed by atoms with Gasteiger partial charge in [-0.3, -0.25) is 0 Å². The fourth-order valence-corrected chi connectivity index (χ4v) is 3.21. The van der Waals surface area contributed by atoms with Gasteiger partial charge in [-0.05, 0) is 35.6 Å². The maximum atomic E-state index is 13.0.